The van der Waals surface area contributed by atoms with Crippen LogP contribution >= 0.6 is 12.4 Å². The van der Waals surface area contributed by atoms with Crippen LogP contribution in [0, 0.1) is 24.0 Å². The van der Waals surface area contributed by atoms with Gasteiger partial charge in [-0.05, 0) is 32.0 Å². The van der Waals surface area contributed by atoms with Gasteiger partial charge in [-0.3, -0.25) is 10.1 Å². The van der Waals surface area contributed by atoms with Crippen molar-refractivity contribution < 1.29 is 13.3 Å². The third-order valence-electron chi connectivity index (χ3n) is 2.77. The molecule has 7 nitrogen and oxygen atoms in total. The molecule has 0 amide bonds. The summed E-state index contributed by atoms with van der Waals surface area (Å²) in [5.41, 5.74) is 0.864. The van der Waals surface area contributed by atoms with Crippen molar-refractivity contribution in [2.45, 2.75) is 18.7 Å². The Balaban J connectivity index is 0.00000361. The fourth-order valence-corrected chi connectivity index (χ4v) is 2.95. The summed E-state index contributed by atoms with van der Waals surface area (Å²) < 4.78 is 26.6. The molecule has 1 rings (SSSR count). The van der Waals surface area contributed by atoms with Crippen molar-refractivity contribution in [2.75, 3.05) is 20.1 Å². The van der Waals surface area contributed by atoms with E-state index in [-0.39, 0.29) is 29.5 Å². The highest BCUT2D eigenvalue weighted by molar-refractivity contribution is 7.89. The van der Waals surface area contributed by atoms with Gasteiger partial charge < -0.3 is 5.32 Å². The Morgan fingerprint density at radius 3 is 2.35 bits per heavy atom. The molecule has 0 fully saturated rings. The number of rotatable bonds is 6. The summed E-state index contributed by atoms with van der Waals surface area (Å²) in [5, 5.41) is 13.6. The van der Waals surface area contributed by atoms with Crippen LogP contribution in [0.4, 0.5) is 5.69 Å². The maximum atomic E-state index is 12.1. The van der Waals surface area contributed by atoms with Crippen LogP contribution in [0.3, 0.4) is 0 Å². The second kappa shape index (κ2) is 7.53. The Labute approximate surface area is 124 Å². The molecule has 114 valence electrons. The van der Waals surface area contributed by atoms with Crippen LogP contribution < -0.4 is 10.0 Å². The molecule has 0 atom stereocenters. The van der Waals surface area contributed by atoms with Gasteiger partial charge in [-0.25, -0.2) is 13.1 Å². The highest BCUT2D eigenvalue weighted by atomic mass is 35.5. The number of likely N-dealkylation sites (N-methyl/N-ethyl adjacent to an activating group) is 1. The Morgan fingerprint density at radius 2 is 1.85 bits per heavy atom. The van der Waals surface area contributed by atoms with Gasteiger partial charge in [0.15, 0.2) is 0 Å². The van der Waals surface area contributed by atoms with Gasteiger partial charge in [0.2, 0.25) is 10.0 Å². The van der Waals surface area contributed by atoms with E-state index in [4.69, 9.17) is 0 Å². The minimum absolute atomic E-state index is 0. The van der Waals surface area contributed by atoms with E-state index in [2.05, 4.69) is 10.0 Å². The molecule has 9 heteroatoms. The van der Waals surface area contributed by atoms with Crippen molar-refractivity contribution in [3.05, 3.63) is 33.4 Å². The first-order valence-corrected chi connectivity index (χ1v) is 7.18. The van der Waals surface area contributed by atoms with Gasteiger partial charge in [-0.15, -0.1) is 12.4 Å². The number of halogens is 1. The Bertz CT molecular complexity index is 590. The van der Waals surface area contributed by atoms with Crippen LogP contribution in [-0.4, -0.2) is 33.5 Å². The number of nitro groups is 1. The summed E-state index contributed by atoms with van der Waals surface area (Å²) in [4.78, 5) is 10.1. The predicted octanol–water partition coefficient (Wildman–Crippen LogP) is 1.13. The summed E-state index contributed by atoms with van der Waals surface area (Å²) in [6.45, 7) is 3.98. The summed E-state index contributed by atoms with van der Waals surface area (Å²) >= 11 is 0. The standard InChI is InChI=1S/C11H17N3O4S.ClH/c1-8-6-10(14(15)16)7-11(9(8)2)19(17,18)13-5-4-12-3;/h6-7,12-13H,4-5H2,1-3H3;1H. The normalized spacial score (nSPS) is 10.9. The van der Waals surface area contributed by atoms with Crippen molar-refractivity contribution >= 4 is 28.1 Å². The fraction of sp³-hybridized carbons (Fsp3) is 0.455. The average Bonchev–Trinajstić information content (AvgIpc) is 2.32. The lowest BCUT2D eigenvalue weighted by Gasteiger charge is -2.11. The number of nitrogens with one attached hydrogen (secondary N) is 2. The number of hydrogen-bond acceptors (Lipinski definition) is 5. The van der Waals surface area contributed by atoms with Crippen LogP contribution in [-0.2, 0) is 10.0 Å². The lowest BCUT2D eigenvalue weighted by molar-refractivity contribution is -0.385. The molecule has 0 radical (unpaired) electrons. The maximum Gasteiger partial charge on any atom is 0.271 e. The average molecular weight is 324 g/mol. The Hall–Kier alpha value is -1.22. The van der Waals surface area contributed by atoms with Crippen molar-refractivity contribution in [3.8, 4) is 0 Å². The quantitative estimate of drug-likeness (QED) is 0.464. The topological polar surface area (TPSA) is 101 Å². The monoisotopic (exact) mass is 323 g/mol. The van der Waals surface area contributed by atoms with E-state index < -0.39 is 14.9 Å². The summed E-state index contributed by atoms with van der Waals surface area (Å²) in [6, 6.07) is 2.45. The molecular formula is C11H18ClN3O4S. The number of benzene rings is 1. The molecule has 0 spiro atoms. The van der Waals surface area contributed by atoms with Gasteiger partial charge >= 0.3 is 0 Å². The number of non-ortho nitro benzene ring substituents is 1. The summed E-state index contributed by atoms with van der Waals surface area (Å²) in [7, 11) is -2.03. The van der Waals surface area contributed by atoms with Gasteiger partial charge in [0.05, 0.1) is 9.82 Å². The third kappa shape index (κ3) is 4.41. The molecule has 0 aliphatic heterocycles. The zero-order valence-electron chi connectivity index (χ0n) is 11.5. The lowest BCUT2D eigenvalue weighted by atomic mass is 10.1. The SMILES string of the molecule is CNCCNS(=O)(=O)c1cc([N+](=O)[O-])cc(C)c1C.Cl. The van der Waals surface area contributed by atoms with E-state index in [1.165, 1.54) is 6.07 Å². The molecule has 1 aromatic carbocycles. The van der Waals surface area contributed by atoms with Gasteiger partial charge in [0, 0.05) is 25.2 Å². The number of nitro benzene ring substituents is 1. The molecule has 0 unspecified atom stereocenters. The molecule has 0 bridgehead atoms. The molecule has 1 aromatic rings. The fourth-order valence-electron chi connectivity index (χ4n) is 1.58. The molecule has 2 N–H and O–H groups in total. The smallest absolute Gasteiger partial charge is 0.271 e. The van der Waals surface area contributed by atoms with Crippen molar-refractivity contribution in [1.82, 2.24) is 10.0 Å². The Kier molecular flexibility index (Phi) is 7.07. The van der Waals surface area contributed by atoms with E-state index in [1.54, 1.807) is 20.9 Å². The summed E-state index contributed by atoms with van der Waals surface area (Å²) in [6.07, 6.45) is 0. The molecular weight excluding hydrogens is 306 g/mol. The second-order valence-corrected chi connectivity index (χ2v) is 5.88. The van der Waals surface area contributed by atoms with Gasteiger partial charge in [-0.1, -0.05) is 0 Å². The number of hydrogen-bond donors (Lipinski definition) is 2. The lowest BCUT2D eigenvalue weighted by Crippen LogP contribution is -2.31. The largest absolute Gasteiger partial charge is 0.318 e. The minimum Gasteiger partial charge on any atom is -0.318 e. The first-order chi connectivity index (χ1) is 8.79. The maximum absolute atomic E-state index is 12.1. The predicted molar refractivity (Wildman–Crippen MR) is 78.9 cm³/mol. The first-order valence-electron chi connectivity index (χ1n) is 5.69. The van der Waals surface area contributed by atoms with Crippen LogP contribution in [0.2, 0.25) is 0 Å². The molecule has 0 aromatic heterocycles. The van der Waals surface area contributed by atoms with E-state index >= 15 is 0 Å². The number of aryl methyl sites for hydroxylation is 1. The van der Waals surface area contributed by atoms with Crippen LogP contribution in [0.25, 0.3) is 0 Å². The number of nitrogens with zero attached hydrogens (tertiary/aromatic N) is 1. The van der Waals surface area contributed by atoms with Crippen molar-refractivity contribution in [1.29, 1.82) is 0 Å². The zero-order chi connectivity index (χ0) is 14.6. The zero-order valence-corrected chi connectivity index (χ0v) is 13.1. The van der Waals surface area contributed by atoms with Gasteiger partial charge in [-0.2, -0.15) is 0 Å². The van der Waals surface area contributed by atoms with E-state index in [0.29, 0.717) is 17.7 Å². The second-order valence-electron chi connectivity index (χ2n) is 4.14. The molecule has 0 aliphatic rings. The number of sulfonamides is 1. The van der Waals surface area contributed by atoms with E-state index in [0.717, 1.165) is 6.07 Å². The van der Waals surface area contributed by atoms with Crippen molar-refractivity contribution in [2.24, 2.45) is 0 Å². The molecule has 0 heterocycles. The highest BCUT2D eigenvalue weighted by Gasteiger charge is 2.21. The van der Waals surface area contributed by atoms with Gasteiger partial charge in [0.1, 0.15) is 0 Å². The van der Waals surface area contributed by atoms with Crippen LogP contribution in [0.5, 0.6) is 0 Å². The first kappa shape index (κ1) is 18.8. The minimum atomic E-state index is -3.74. The molecule has 20 heavy (non-hydrogen) atoms. The molecule has 0 saturated heterocycles. The molecule has 0 aliphatic carbocycles. The van der Waals surface area contributed by atoms with E-state index in [1.807, 2.05) is 0 Å². The van der Waals surface area contributed by atoms with Gasteiger partial charge in [0.25, 0.3) is 5.69 Å². The third-order valence-corrected chi connectivity index (χ3v) is 4.36. The highest BCUT2D eigenvalue weighted by Crippen LogP contribution is 2.25. The van der Waals surface area contributed by atoms with Crippen LogP contribution in [0.15, 0.2) is 17.0 Å². The van der Waals surface area contributed by atoms with Crippen molar-refractivity contribution in [3.63, 3.8) is 0 Å². The van der Waals surface area contributed by atoms with Crippen LogP contribution in [0.1, 0.15) is 11.1 Å². The summed E-state index contributed by atoms with van der Waals surface area (Å²) in [5.74, 6) is 0. The molecule has 0 saturated carbocycles. The van der Waals surface area contributed by atoms with E-state index in [9.17, 15) is 18.5 Å². The Morgan fingerprint density at radius 1 is 1.25 bits per heavy atom.